The van der Waals surface area contributed by atoms with Crippen LogP contribution in [0.5, 0.6) is 0 Å². The number of morpholine rings is 1. The van der Waals surface area contributed by atoms with Gasteiger partial charge in [-0.25, -0.2) is 0 Å². The van der Waals surface area contributed by atoms with Crippen molar-refractivity contribution < 1.29 is 9.64 Å². The van der Waals surface area contributed by atoms with Crippen molar-refractivity contribution in [3.8, 4) is 0 Å². The monoisotopic (exact) mass is 298 g/mol. The van der Waals surface area contributed by atoms with E-state index < -0.39 is 0 Å². The first-order valence-electron chi connectivity index (χ1n) is 9.71. The topological polar surface area (TPSA) is 13.7 Å². The van der Waals surface area contributed by atoms with Crippen molar-refractivity contribution in [1.82, 2.24) is 0 Å². The van der Waals surface area contributed by atoms with E-state index in [1.54, 1.807) is 4.90 Å². The molecule has 2 heteroatoms. The highest BCUT2D eigenvalue weighted by atomic mass is 16.5. The van der Waals surface area contributed by atoms with Crippen molar-refractivity contribution >= 4 is 0 Å². The predicted molar refractivity (Wildman–Crippen MR) is 92.0 cm³/mol. The fourth-order valence-electron chi connectivity index (χ4n) is 3.63. The van der Waals surface area contributed by atoms with Crippen LogP contribution >= 0.6 is 0 Å². The molecule has 0 amide bonds. The molecular formula is C19H40NO+. The molecule has 0 aromatic rings. The van der Waals surface area contributed by atoms with E-state index in [0.717, 1.165) is 0 Å². The van der Waals surface area contributed by atoms with Crippen LogP contribution in [0.1, 0.15) is 91.4 Å². The minimum absolute atomic E-state index is 0.455. The maximum atomic E-state index is 5.80. The largest absolute Gasteiger partial charge is 0.364 e. The van der Waals surface area contributed by atoms with Crippen LogP contribution < -0.4 is 4.90 Å². The Balaban J connectivity index is 1.82. The highest BCUT2D eigenvalue weighted by Gasteiger charge is 2.24. The molecule has 0 bridgehead atoms. The van der Waals surface area contributed by atoms with Gasteiger partial charge in [0.2, 0.25) is 0 Å². The molecule has 2 unspecified atom stereocenters. The second-order valence-corrected chi connectivity index (χ2v) is 7.20. The Morgan fingerprint density at radius 1 is 0.714 bits per heavy atom. The van der Waals surface area contributed by atoms with E-state index in [9.17, 15) is 0 Å². The molecule has 0 saturated carbocycles. The zero-order valence-electron chi connectivity index (χ0n) is 15.0. The lowest BCUT2D eigenvalue weighted by molar-refractivity contribution is -0.915. The van der Waals surface area contributed by atoms with E-state index in [1.165, 1.54) is 90.3 Å². The first kappa shape index (κ1) is 19.0. The predicted octanol–water partition coefficient (Wildman–Crippen LogP) is 3.99. The Hall–Kier alpha value is -0.0800. The molecule has 2 atom stereocenters. The van der Waals surface area contributed by atoms with E-state index in [0.29, 0.717) is 12.2 Å². The number of hydrogen-bond donors (Lipinski definition) is 1. The summed E-state index contributed by atoms with van der Waals surface area (Å²) in [6, 6.07) is 0. The minimum Gasteiger partial charge on any atom is -0.364 e. The molecule has 1 heterocycles. The molecule has 0 aromatic carbocycles. The lowest BCUT2D eigenvalue weighted by atomic mass is 10.1. The number of quaternary nitrogens is 1. The fraction of sp³-hybridized carbons (Fsp3) is 1.00. The van der Waals surface area contributed by atoms with Crippen molar-refractivity contribution in [3.05, 3.63) is 0 Å². The Morgan fingerprint density at radius 2 is 1.14 bits per heavy atom. The standard InChI is InChI=1S/C19H39NO/c1-4-5-6-7-8-9-10-11-12-13-14-15-20-16-18(2)21-19(3)17-20/h18-19H,4-17H2,1-3H3/p+1. The zero-order chi connectivity index (χ0) is 15.3. The fourth-order valence-corrected chi connectivity index (χ4v) is 3.63. The van der Waals surface area contributed by atoms with Crippen LogP contribution in [-0.4, -0.2) is 31.8 Å². The summed E-state index contributed by atoms with van der Waals surface area (Å²) in [4.78, 5) is 1.76. The summed E-state index contributed by atoms with van der Waals surface area (Å²) >= 11 is 0. The van der Waals surface area contributed by atoms with Crippen LogP contribution in [0, 0.1) is 0 Å². The molecule has 0 aromatic heterocycles. The second-order valence-electron chi connectivity index (χ2n) is 7.20. The summed E-state index contributed by atoms with van der Waals surface area (Å²) in [5.41, 5.74) is 0. The number of rotatable bonds is 12. The lowest BCUT2D eigenvalue weighted by Crippen LogP contribution is -3.15. The first-order valence-corrected chi connectivity index (χ1v) is 9.71. The summed E-state index contributed by atoms with van der Waals surface area (Å²) in [6.45, 7) is 10.5. The van der Waals surface area contributed by atoms with Crippen molar-refractivity contribution in [2.24, 2.45) is 0 Å². The summed E-state index contributed by atoms with van der Waals surface area (Å²) in [5, 5.41) is 0. The van der Waals surface area contributed by atoms with Crippen LogP contribution in [0.4, 0.5) is 0 Å². The van der Waals surface area contributed by atoms with Gasteiger partial charge in [-0.3, -0.25) is 0 Å². The molecule has 1 aliphatic rings. The number of nitrogens with one attached hydrogen (secondary N) is 1. The quantitative estimate of drug-likeness (QED) is 0.538. The minimum atomic E-state index is 0.455. The van der Waals surface area contributed by atoms with Gasteiger partial charge in [0, 0.05) is 0 Å². The van der Waals surface area contributed by atoms with E-state index in [2.05, 4.69) is 20.8 Å². The SMILES string of the molecule is CCCCCCCCCCCCC[NH+]1CC(C)OC(C)C1. The van der Waals surface area contributed by atoms with Crippen LogP contribution in [0.3, 0.4) is 0 Å². The molecule has 0 radical (unpaired) electrons. The third-order valence-corrected chi connectivity index (χ3v) is 4.75. The lowest BCUT2D eigenvalue weighted by Gasteiger charge is -2.32. The smallest absolute Gasteiger partial charge is 0.104 e. The Labute approximate surface area is 133 Å². The van der Waals surface area contributed by atoms with E-state index in [4.69, 9.17) is 4.74 Å². The number of unbranched alkanes of at least 4 members (excludes halogenated alkanes) is 10. The van der Waals surface area contributed by atoms with Gasteiger partial charge in [0.15, 0.2) is 0 Å². The molecule has 1 N–H and O–H groups in total. The molecule has 0 spiro atoms. The molecule has 1 aliphatic heterocycles. The van der Waals surface area contributed by atoms with Gasteiger partial charge < -0.3 is 9.64 Å². The van der Waals surface area contributed by atoms with Gasteiger partial charge in [0.25, 0.3) is 0 Å². The maximum Gasteiger partial charge on any atom is 0.104 e. The molecule has 0 aliphatic carbocycles. The van der Waals surface area contributed by atoms with E-state index in [1.807, 2.05) is 0 Å². The van der Waals surface area contributed by atoms with Gasteiger partial charge in [-0.15, -0.1) is 0 Å². The summed E-state index contributed by atoms with van der Waals surface area (Å²) < 4.78 is 5.80. The van der Waals surface area contributed by atoms with Gasteiger partial charge in [0.1, 0.15) is 25.3 Å². The van der Waals surface area contributed by atoms with Gasteiger partial charge >= 0.3 is 0 Å². The highest BCUT2D eigenvalue weighted by Crippen LogP contribution is 2.11. The summed E-state index contributed by atoms with van der Waals surface area (Å²) in [6.07, 6.45) is 16.8. The maximum absolute atomic E-state index is 5.80. The van der Waals surface area contributed by atoms with Crippen molar-refractivity contribution in [2.45, 2.75) is 104 Å². The van der Waals surface area contributed by atoms with Crippen LogP contribution in [0.25, 0.3) is 0 Å². The molecule has 1 fully saturated rings. The third-order valence-electron chi connectivity index (χ3n) is 4.75. The van der Waals surface area contributed by atoms with Crippen LogP contribution in [-0.2, 0) is 4.74 Å². The second kappa shape index (κ2) is 12.5. The molecule has 126 valence electrons. The Kier molecular flexibility index (Phi) is 11.3. The Morgan fingerprint density at radius 3 is 1.62 bits per heavy atom. The van der Waals surface area contributed by atoms with Gasteiger partial charge in [-0.05, 0) is 26.7 Å². The van der Waals surface area contributed by atoms with Gasteiger partial charge in [-0.1, -0.05) is 64.7 Å². The number of ether oxygens (including phenoxy) is 1. The molecule has 2 nitrogen and oxygen atoms in total. The van der Waals surface area contributed by atoms with Crippen LogP contribution in [0.15, 0.2) is 0 Å². The van der Waals surface area contributed by atoms with Crippen molar-refractivity contribution in [1.29, 1.82) is 0 Å². The first-order chi connectivity index (χ1) is 10.2. The molecular weight excluding hydrogens is 258 g/mol. The Bertz CT molecular complexity index is 222. The summed E-state index contributed by atoms with van der Waals surface area (Å²) in [7, 11) is 0. The van der Waals surface area contributed by atoms with Crippen molar-refractivity contribution in [3.63, 3.8) is 0 Å². The van der Waals surface area contributed by atoms with E-state index in [-0.39, 0.29) is 0 Å². The third kappa shape index (κ3) is 10.3. The van der Waals surface area contributed by atoms with Gasteiger partial charge in [-0.2, -0.15) is 0 Å². The molecule has 21 heavy (non-hydrogen) atoms. The van der Waals surface area contributed by atoms with Crippen LogP contribution in [0.2, 0.25) is 0 Å². The van der Waals surface area contributed by atoms with E-state index >= 15 is 0 Å². The molecule has 1 rings (SSSR count). The average molecular weight is 299 g/mol. The number of hydrogen-bond acceptors (Lipinski definition) is 1. The molecule has 1 saturated heterocycles. The summed E-state index contributed by atoms with van der Waals surface area (Å²) in [5.74, 6) is 0. The normalized spacial score (nSPS) is 26.1. The average Bonchev–Trinajstić information content (AvgIpc) is 2.44. The van der Waals surface area contributed by atoms with Crippen molar-refractivity contribution in [2.75, 3.05) is 19.6 Å². The highest BCUT2D eigenvalue weighted by molar-refractivity contribution is 4.58. The van der Waals surface area contributed by atoms with Gasteiger partial charge in [0.05, 0.1) is 6.54 Å². The zero-order valence-corrected chi connectivity index (χ0v) is 15.0.